The van der Waals surface area contributed by atoms with Crippen molar-refractivity contribution in [3.8, 4) is 5.75 Å². The van der Waals surface area contributed by atoms with E-state index < -0.39 is 0 Å². The van der Waals surface area contributed by atoms with Crippen molar-refractivity contribution in [1.82, 2.24) is 4.90 Å². The Morgan fingerprint density at radius 1 is 1.29 bits per heavy atom. The van der Waals surface area contributed by atoms with Gasteiger partial charge in [-0.2, -0.15) is 0 Å². The highest BCUT2D eigenvalue weighted by molar-refractivity contribution is 5.29. The van der Waals surface area contributed by atoms with Crippen LogP contribution in [-0.2, 0) is 4.74 Å². The Kier molecular flexibility index (Phi) is 3.69. The van der Waals surface area contributed by atoms with Crippen LogP contribution in [0.15, 0.2) is 24.3 Å². The SMILES string of the molecule is CC(c1cccc(O)c1)N1C[C@@H](C)O[C@@H](C)C1. The molecule has 0 saturated carbocycles. The van der Waals surface area contributed by atoms with E-state index in [2.05, 4.69) is 31.7 Å². The first-order valence-corrected chi connectivity index (χ1v) is 6.24. The van der Waals surface area contributed by atoms with Crippen LogP contribution in [0.3, 0.4) is 0 Å². The number of rotatable bonds is 2. The van der Waals surface area contributed by atoms with E-state index in [0.717, 1.165) is 18.7 Å². The zero-order chi connectivity index (χ0) is 12.4. The van der Waals surface area contributed by atoms with E-state index in [1.165, 1.54) is 0 Å². The Bertz CT molecular complexity index is 370. The third kappa shape index (κ3) is 2.99. The summed E-state index contributed by atoms with van der Waals surface area (Å²) in [6.07, 6.45) is 0.553. The van der Waals surface area contributed by atoms with E-state index in [1.54, 1.807) is 6.07 Å². The second kappa shape index (κ2) is 5.07. The van der Waals surface area contributed by atoms with Crippen LogP contribution in [0.5, 0.6) is 5.75 Å². The van der Waals surface area contributed by atoms with Gasteiger partial charge in [-0.25, -0.2) is 0 Å². The maximum Gasteiger partial charge on any atom is 0.115 e. The van der Waals surface area contributed by atoms with Crippen LogP contribution in [0, 0.1) is 0 Å². The first-order valence-electron chi connectivity index (χ1n) is 6.24. The van der Waals surface area contributed by atoms with Crippen molar-refractivity contribution in [3.63, 3.8) is 0 Å². The van der Waals surface area contributed by atoms with E-state index in [0.29, 0.717) is 11.8 Å². The van der Waals surface area contributed by atoms with Crippen molar-refractivity contribution < 1.29 is 9.84 Å². The van der Waals surface area contributed by atoms with Gasteiger partial charge in [0.15, 0.2) is 0 Å². The number of hydrogen-bond acceptors (Lipinski definition) is 3. The monoisotopic (exact) mass is 235 g/mol. The molecule has 3 atom stereocenters. The molecule has 3 heteroatoms. The Hall–Kier alpha value is -1.06. The summed E-state index contributed by atoms with van der Waals surface area (Å²) in [6, 6.07) is 7.83. The van der Waals surface area contributed by atoms with Crippen LogP contribution < -0.4 is 0 Å². The van der Waals surface area contributed by atoms with E-state index >= 15 is 0 Å². The molecule has 1 heterocycles. The summed E-state index contributed by atoms with van der Waals surface area (Å²) in [7, 11) is 0. The second-order valence-electron chi connectivity index (χ2n) is 4.98. The molecule has 3 nitrogen and oxygen atoms in total. The van der Waals surface area contributed by atoms with Gasteiger partial charge < -0.3 is 9.84 Å². The first-order chi connectivity index (χ1) is 8.06. The van der Waals surface area contributed by atoms with Gasteiger partial charge >= 0.3 is 0 Å². The van der Waals surface area contributed by atoms with Crippen LogP contribution in [0.25, 0.3) is 0 Å². The molecule has 1 aromatic carbocycles. The van der Waals surface area contributed by atoms with Crippen molar-refractivity contribution in [2.75, 3.05) is 13.1 Å². The Balaban J connectivity index is 2.11. The Morgan fingerprint density at radius 2 is 1.94 bits per heavy atom. The third-order valence-corrected chi connectivity index (χ3v) is 3.35. The lowest BCUT2D eigenvalue weighted by molar-refractivity contribution is -0.0789. The summed E-state index contributed by atoms with van der Waals surface area (Å²) in [5, 5.41) is 9.52. The van der Waals surface area contributed by atoms with Crippen LogP contribution >= 0.6 is 0 Å². The number of phenols is 1. The van der Waals surface area contributed by atoms with Gasteiger partial charge in [0, 0.05) is 19.1 Å². The molecule has 1 aromatic rings. The van der Waals surface area contributed by atoms with Crippen molar-refractivity contribution in [3.05, 3.63) is 29.8 Å². The van der Waals surface area contributed by atoms with Gasteiger partial charge in [0.1, 0.15) is 5.75 Å². The fraction of sp³-hybridized carbons (Fsp3) is 0.571. The summed E-state index contributed by atoms with van der Waals surface area (Å²) in [4.78, 5) is 2.41. The summed E-state index contributed by atoms with van der Waals surface area (Å²) in [5.41, 5.74) is 1.16. The van der Waals surface area contributed by atoms with Gasteiger partial charge in [0.25, 0.3) is 0 Å². The summed E-state index contributed by atoms with van der Waals surface area (Å²) in [5.74, 6) is 0.337. The van der Waals surface area contributed by atoms with Crippen molar-refractivity contribution >= 4 is 0 Å². The number of aromatic hydroxyl groups is 1. The molecule has 1 N–H and O–H groups in total. The largest absolute Gasteiger partial charge is 0.508 e. The van der Waals surface area contributed by atoms with Gasteiger partial charge in [0.2, 0.25) is 0 Å². The number of phenolic OH excluding ortho intramolecular Hbond substituents is 1. The molecule has 1 aliphatic heterocycles. The van der Waals surface area contributed by atoms with E-state index in [1.807, 2.05) is 12.1 Å². The zero-order valence-electron chi connectivity index (χ0n) is 10.8. The molecular formula is C14H21NO2. The molecule has 0 aromatic heterocycles. The maximum atomic E-state index is 9.52. The van der Waals surface area contributed by atoms with Crippen LogP contribution in [0.4, 0.5) is 0 Å². The minimum Gasteiger partial charge on any atom is -0.508 e. The smallest absolute Gasteiger partial charge is 0.115 e. The van der Waals surface area contributed by atoms with E-state index in [-0.39, 0.29) is 12.2 Å². The van der Waals surface area contributed by atoms with Crippen molar-refractivity contribution in [2.24, 2.45) is 0 Å². The highest BCUT2D eigenvalue weighted by atomic mass is 16.5. The third-order valence-electron chi connectivity index (χ3n) is 3.35. The summed E-state index contributed by atoms with van der Waals surface area (Å²) >= 11 is 0. The molecule has 0 bridgehead atoms. The predicted molar refractivity (Wildman–Crippen MR) is 68.1 cm³/mol. The minimum atomic E-state index is 0.276. The first kappa shape index (κ1) is 12.4. The lowest BCUT2D eigenvalue weighted by Gasteiger charge is -2.39. The zero-order valence-corrected chi connectivity index (χ0v) is 10.8. The van der Waals surface area contributed by atoms with Gasteiger partial charge in [-0.3, -0.25) is 4.90 Å². The van der Waals surface area contributed by atoms with Gasteiger partial charge in [0.05, 0.1) is 12.2 Å². The van der Waals surface area contributed by atoms with Gasteiger partial charge in [-0.05, 0) is 38.5 Å². The fourth-order valence-electron chi connectivity index (χ4n) is 2.53. The fourth-order valence-corrected chi connectivity index (χ4v) is 2.53. The van der Waals surface area contributed by atoms with Crippen molar-refractivity contribution in [1.29, 1.82) is 0 Å². The van der Waals surface area contributed by atoms with Crippen LogP contribution in [-0.4, -0.2) is 35.3 Å². The summed E-state index contributed by atoms with van der Waals surface area (Å²) < 4.78 is 5.74. The normalized spacial score (nSPS) is 27.9. The van der Waals surface area contributed by atoms with Crippen LogP contribution in [0.1, 0.15) is 32.4 Å². The number of ether oxygens (including phenoxy) is 1. The number of benzene rings is 1. The second-order valence-corrected chi connectivity index (χ2v) is 4.98. The molecule has 94 valence electrons. The maximum absolute atomic E-state index is 9.52. The van der Waals surface area contributed by atoms with Crippen molar-refractivity contribution in [2.45, 2.75) is 39.0 Å². The average Bonchev–Trinajstić information content (AvgIpc) is 2.26. The molecular weight excluding hydrogens is 214 g/mol. The lowest BCUT2D eigenvalue weighted by Crippen LogP contribution is -2.46. The van der Waals surface area contributed by atoms with E-state index in [9.17, 15) is 5.11 Å². The topological polar surface area (TPSA) is 32.7 Å². The minimum absolute atomic E-state index is 0.276. The molecule has 1 fully saturated rings. The average molecular weight is 235 g/mol. The standard InChI is InChI=1S/C14H21NO2/c1-10-8-15(9-11(2)17-10)12(3)13-5-4-6-14(16)7-13/h4-7,10-12,16H,8-9H2,1-3H3/t10-,11+,12?. The highest BCUT2D eigenvalue weighted by Gasteiger charge is 2.26. The Labute approximate surface area is 103 Å². The molecule has 1 aliphatic rings. The number of hydrogen-bond donors (Lipinski definition) is 1. The summed E-state index contributed by atoms with van der Waals surface area (Å²) in [6.45, 7) is 8.29. The number of nitrogens with zero attached hydrogens (tertiary/aromatic N) is 1. The molecule has 2 rings (SSSR count). The molecule has 0 aliphatic carbocycles. The quantitative estimate of drug-likeness (QED) is 0.855. The molecule has 0 spiro atoms. The molecule has 0 amide bonds. The van der Waals surface area contributed by atoms with E-state index in [4.69, 9.17) is 4.74 Å². The molecule has 1 unspecified atom stereocenters. The number of morpholine rings is 1. The Morgan fingerprint density at radius 3 is 2.53 bits per heavy atom. The highest BCUT2D eigenvalue weighted by Crippen LogP contribution is 2.26. The molecule has 0 radical (unpaired) electrons. The van der Waals surface area contributed by atoms with Crippen LogP contribution in [0.2, 0.25) is 0 Å². The predicted octanol–water partition coefficient (Wildman–Crippen LogP) is 2.56. The molecule has 1 saturated heterocycles. The molecule has 17 heavy (non-hydrogen) atoms. The van der Waals surface area contributed by atoms with Gasteiger partial charge in [-0.1, -0.05) is 12.1 Å². The van der Waals surface area contributed by atoms with Gasteiger partial charge in [-0.15, -0.1) is 0 Å². The lowest BCUT2D eigenvalue weighted by atomic mass is 10.0.